The van der Waals surface area contributed by atoms with Crippen molar-refractivity contribution in [3.63, 3.8) is 0 Å². The van der Waals surface area contributed by atoms with E-state index in [9.17, 15) is 13.2 Å². The highest BCUT2D eigenvalue weighted by Crippen LogP contribution is 2.29. The molecule has 0 saturated carbocycles. The molecule has 0 aromatic carbocycles. The van der Waals surface area contributed by atoms with Crippen LogP contribution in [0.1, 0.15) is 26.5 Å². The molecule has 1 aromatic rings. The van der Waals surface area contributed by atoms with Gasteiger partial charge in [0.2, 0.25) is 5.95 Å². The molecule has 0 aliphatic carbocycles. The Morgan fingerprint density at radius 3 is 2.50 bits per heavy atom. The average Bonchev–Trinajstić information content (AvgIpc) is 2.33. The molecule has 0 saturated heterocycles. The number of nitrogens with zero attached hydrogens (tertiary/aromatic N) is 2. The predicted octanol–water partition coefficient (Wildman–Crippen LogP) is 2.76. The molecule has 1 rings (SSSR count). The lowest BCUT2D eigenvalue weighted by molar-refractivity contribution is -0.141. The van der Waals surface area contributed by atoms with E-state index in [-0.39, 0.29) is 17.9 Å². The first kappa shape index (κ1) is 16.5. The van der Waals surface area contributed by atoms with Gasteiger partial charge in [0.15, 0.2) is 5.69 Å². The summed E-state index contributed by atoms with van der Waals surface area (Å²) in [6.45, 7) is 6.73. The fourth-order valence-corrected chi connectivity index (χ4v) is 1.39. The van der Waals surface area contributed by atoms with E-state index in [1.54, 1.807) is 6.92 Å². The molecule has 2 N–H and O–H groups in total. The van der Waals surface area contributed by atoms with Crippen molar-refractivity contribution >= 4 is 11.8 Å². The molecule has 20 heavy (non-hydrogen) atoms. The number of ether oxygens (including phenoxy) is 1. The molecule has 0 radical (unpaired) electrons. The van der Waals surface area contributed by atoms with Gasteiger partial charge in [-0.15, -0.1) is 0 Å². The first-order chi connectivity index (χ1) is 9.32. The molecule has 5 nitrogen and oxygen atoms in total. The average molecular weight is 292 g/mol. The van der Waals surface area contributed by atoms with Crippen molar-refractivity contribution in [1.29, 1.82) is 0 Å². The van der Waals surface area contributed by atoms with Gasteiger partial charge in [-0.1, -0.05) is 0 Å². The van der Waals surface area contributed by atoms with E-state index in [4.69, 9.17) is 4.74 Å². The molecule has 0 aliphatic rings. The summed E-state index contributed by atoms with van der Waals surface area (Å²) in [5, 5.41) is 5.47. The van der Waals surface area contributed by atoms with E-state index >= 15 is 0 Å². The number of nitrogens with one attached hydrogen (secondary N) is 2. The second-order valence-corrected chi connectivity index (χ2v) is 4.34. The molecule has 1 heterocycles. The Hall–Kier alpha value is -1.57. The highest BCUT2D eigenvalue weighted by molar-refractivity contribution is 5.43. The molecule has 8 heteroatoms. The fourth-order valence-electron chi connectivity index (χ4n) is 1.39. The van der Waals surface area contributed by atoms with E-state index in [0.717, 1.165) is 6.07 Å². The number of aromatic nitrogens is 2. The van der Waals surface area contributed by atoms with Crippen LogP contribution >= 0.6 is 0 Å². The van der Waals surface area contributed by atoms with E-state index in [1.165, 1.54) is 0 Å². The maximum absolute atomic E-state index is 12.7. The summed E-state index contributed by atoms with van der Waals surface area (Å²) < 4.78 is 43.4. The number of rotatable bonds is 7. The monoisotopic (exact) mass is 292 g/mol. The van der Waals surface area contributed by atoms with Crippen LogP contribution in [0.25, 0.3) is 0 Å². The lowest BCUT2D eigenvalue weighted by Crippen LogP contribution is -2.17. The lowest BCUT2D eigenvalue weighted by Gasteiger charge is -2.13. The maximum Gasteiger partial charge on any atom is 0.433 e. The third-order valence-electron chi connectivity index (χ3n) is 2.21. The zero-order valence-electron chi connectivity index (χ0n) is 11.7. The van der Waals surface area contributed by atoms with Gasteiger partial charge in [-0.25, -0.2) is 4.98 Å². The van der Waals surface area contributed by atoms with Gasteiger partial charge in [-0.05, 0) is 20.8 Å². The van der Waals surface area contributed by atoms with Crippen LogP contribution in [0.5, 0.6) is 0 Å². The minimum atomic E-state index is -4.50. The second kappa shape index (κ2) is 7.28. The van der Waals surface area contributed by atoms with Crippen molar-refractivity contribution in [2.45, 2.75) is 33.1 Å². The van der Waals surface area contributed by atoms with Crippen LogP contribution in [0.3, 0.4) is 0 Å². The molecule has 0 bridgehead atoms. The topological polar surface area (TPSA) is 59.1 Å². The van der Waals surface area contributed by atoms with Gasteiger partial charge in [0, 0.05) is 19.2 Å². The van der Waals surface area contributed by atoms with Crippen LogP contribution in [0, 0.1) is 0 Å². The highest BCUT2D eigenvalue weighted by atomic mass is 19.4. The normalized spacial score (nSPS) is 11.8. The summed E-state index contributed by atoms with van der Waals surface area (Å²) in [4.78, 5) is 7.40. The SMILES string of the molecule is CCNc1nc(NCCOC(C)C)cc(C(F)(F)F)n1. The van der Waals surface area contributed by atoms with Gasteiger partial charge < -0.3 is 15.4 Å². The van der Waals surface area contributed by atoms with Crippen molar-refractivity contribution in [2.24, 2.45) is 0 Å². The molecule has 0 spiro atoms. The quantitative estimate of drug-likeness (QED) is 0.757. The Kier molecular flexibility index (Phi) is 6.00. The Labute approximate surface area is 116 Å². The van der Waals surface area contributed by atoms with E-state index in [1.807, 2.05) is 13.8 Å². The summed E-state index contributed by atoms with van der Waals surface area (Å²) in [5.74, 6) is 0.0743. The van der Waals surface area contributed by atoms with Gasteiger partial charge >= 0.3 is 6.18 Å². The number of anilines is 2. The molecule has 0 aliphatic heterocycles. The fraction of sp³-hybridized carbons (Fsp3) is 0.667. The Morgan fingerprint density at radius 1 is 1.25 bits per heavy atom. The van der Waals surface area contributed by atoms with E-state index in [0.29, 0.717) is 19.7 Å². The van der Waals surface area contributed by atoms with Gasteiger partial charge in [-0.2, -0.15) is 18.2 Å². The summed E-state index contributed by atoms with van der Waals surface area (Å²) >= 11 is 0. The molecular formula is C12H19F3N4O. The zero-order chi connectivity index (χ0) is 15.2. The zero-order valence-corrected chi connectivity index (χ0v) is 11.7. The van der Waals surface area contributed by atoms with Crippen molar-refractivity contribution in [2.75, 3.05) is 30.3 Å². The minimum Gasteiger partial charge on any atom is -0.377 e. The molecule has 1 aromatic heterocycles. The van der Waals surface area contributed by atoms with Crippen LogP contribution in [0.15, 0.2) is 6.07 Å². The third kappa shape index (κ3) is 5.60. The van der Waals surface area contributed by atoms with Crippen molar-refractivity contribution < 1.29 is 17.9 Å². The van der Waals surface area contributed by atoms with Gasteiger partial charge in [0.25, 0.3) is 0 Å². The summed E-state index contributed by atoms with van der Waals surface area (Å²) in [6.07, 6.45) is -4.43. The molecule has 0 unspecified atom stereocenters. The number of halogens is 3. The van der Waals surface area contributed by atoms with Crippen LogP contribution in [0.4, 0.5) is 24.9 Å². The molecular weight excluding hydrogens is 273 g/mol. The largest absolute Gasteiger partial charge is 0.433 e. The predicted molar refractivity (Wildman–Crippen MR) is 70.8 cm³/mol. The van der Waals surface area contributed by atoms with Crippen LogP contribution in [-0.2, 0) is 10.9 Å². The van der Waals surface area contributed by atoms with Gasteiger partial charge in [-0.3, -0.25) is 0 Å². The second-order valence-electron chi connectivity index (χ2n) is 4.34. The maximum atomic E-state index is 12.7. The van der Waals surface area contributed by atoms with E-state index < -0.39 is 11.9 Å². The molecule has 0 atom stereocenters. The van der Waals surface area contributed by atoms with Crippen LogP contribution in [-0.4, -0.2) is 35.8 Å². The minimum absolute atomic E-state index is 0.0467. The smallest absolute Gasteiger partial charge is 0.377 e. The number of alkyl halides is 3. The first-order valence-electron chi connectivity index (χ1n) is 6.38. The molecule has 0 fully saturated rings. The molecule has 114 valence electrons. The number of hydrogen-bond acceptors (Lipinski definition) is 5. The highest BCUT2D eigenvalue weighted by Gasteiger charge is 2.33. The first-order valence-corrected chi connectivity index (χ1v) is 6.38. The van der Waals surface area contributed by atoms with E-state index in [2.05, 4.69) is 20.6 Å². The van der Waals surface area contributed by atoms with Crippen LogP contribution in [0.2, 0.25) is 0 Å². The van der Waals surface area contributed by atoms with Crippen molar-refractivity contribution in [1.82, 2.24) is 9.97 Å². The Balaban J connectivity index is 2.76. The standard InChI is InChI=1S/C12H19F3N4O/c1-4-16-11-18-9(12(13,14)15)7-10(19-11)17-5-6-20-8(2)3/h7-8H,4-6H2,1-3H3,(H2,16,17,18,19). The summed E-state index contributed by atoms with van der Waals surface area (Å²) in [7, 11) is 0. The number of hydrogen-bond donors (Lipinski definition) is 2. The third-order valence-corrected chi connectivity index (χ3v) is 2.21. The van der Waals surface area contributed by atoms with Gasteiger partial charge in [0.1, 0.15) is 5.82 Å². The Bertz CT molecular complexity index is 424. The van der Waals surface area contributed by atoms with Gasteiger partial charge in [0.05, 0.1) is 12.7 Å². The molecule has 0 amide bonds. The van der Waals surface area contributed by atoms with Crippen molar-refractivity contribution in [3.05, 3.63) is 11.8 Å². The Morgan fingerprint density at radius 2 is 1.95 bits per heavy atom. The summed E-state index contributed by atoms with van der Waals surface area (Å²) in [5.41, 5.74) is -0.976. The lowest BCUT2D eigenvalue weighted by atomic mass is 10.3. The van der Waals surface area contributed by atoms with Crippen molar-refractivity contribution in [3.8, 4) is 0 Å². The van der Waals surface area contributed by atoms with Crippen LogP contribution < -0.4 is 10.6 Å². The summed E-state index contributed by atoms with van der Waals surface area (Å²) in [6, 6.07) is 0.885.